The molecule has 0 saturated heterocycles. The van der Waals surface area contributed by atoms with Gasteiger partial charge in [-0.2, -0.15) is 20.3 Å². The van der Waals surface area contributed by atoms with Crippen LogP contribution in [0.15, 0.2) is 6.20 Å². The van der Waals surface area contributed by atoms with Crippen LogP contribution >= 0.6 is 11.6 Å². The summed E-state index contributed by atoms with van der Waals surface area (Å²) in [5.41, 5.74) is 0.594. The minimum Gasteiger partial charge on any atom is -0.355 e. The molecule has 0 aliphatic carbocycles. The number of rotatable bonds is 3. The molecule has 1 atom stereocenters. The normalized spacial score (nSPS) is 12.4. The van der Waals surface area contributed by atoms with Crippen LogP contribution in [0.1, 0.15) is 13.3 Å². The van der Waals surface area contributed by atoms with E-state index in [1.54, 1.807) is 6.20 Å². The van der Waals surface area contributed by atoms with Crippen LogP contribution in [0.25, 0.3) is 11.0 Å². The van der Waals surface area contributed by atoms with E-state index in [4.69, 9.17) is 16.9 Å². The average molecular weight is 251 g/mol. The molecule has 0 aliphatic rings. The van der Waals surface area contributed by atoms with Crippen molar-refractivity contribution in [3.63, 3.8) is 0 Å². The molecule has 2 rings (SSSR count). The van der Waals surface area contributed by atoms with E-state index in [0.717, 1.165) is 5.39 Å². The summed E-state index contributed by atoms with van der Waals surface area (Å²) in [6, 6.07) is 2.18. The molecule has 1 N–H and O–H groups in total. The van der Waals surface area contributed by atoms with E-state index in [9.17, 15) is 0 Å². The van der Waals surface area contributed by atoms with E-state index in [1.807, 2.05) is 18.9 Å². The molecule has 7 heteroatoms. The highest BCUT2D eigenvalue weighted by molar-refractivity contribution is 6.28. The number of aromatic nitrogens is 4. The zero-order chi connectivity index (χ0) is 12.4. The van der Waals surface area contributed by atoms with Crippen molar-refractivity contribution >= 4 is 28.5 Å². The Morgan fingerprint density at radius 1 is 1.59 bits per heavy atom. The van der Waals surface area contributed by atoms with Crippen molar-refractivity contribution in [3.05, 3.63) is 11.5 Å². The van der Waals surface area contributed by atoms with Crippen molar-refractivity contribution in [1.29, 1.82) is 5.26 Å². The lowest BCUT2D eigenvalue weighted by molar-refractivity contribution is 0.696. The molecule has 6 nitrogen and oxygen atoms in total. The molecule has 88 valence electrons. The fourth-order valence-corrected chi connectivity index (χ4v) is 1.70. The number of H-pyrrole nitrogens is 1. The number of hydrogen-bond donors (Lipinski definition) is 1. The Kier molecular flexibility index (Phi) is 3.11. The number of hydrogen-bond acceptors (Lipinski definition) is 5. The maximum atomic E-state index is 8.71. The molecule has 0 aromatic carbocycles. The highest BCUT2D eigenvalue weighted by Gasteiger charge is 2.16. The molecule has 0 radical (unpaired) electrons. The third-order valence-electron chi connectivity index (χ3n) is 2.64. The van der Waals surface area contributed by atoms with Crippen LogP contribution in [-0.2, 0) is 0 Å². The van der Waals surface area contributed by atoms with E-state index in [2.05, 4.69) is 26.2 Å². The van der Waals surface area contributed by atoms with Crippen LogP contribution in [0.3, 0.4) is 0 Å². The van der Waals surface area contributed by atoms with Crippen LogP contribution in [0.4, 0.5) is 5.82 Å². The highest BCUT2D eigenvalue weighted by atomic mass is 35.5. The molecule has 0 spiro atoms. The predicted molar refractivity (Wildman–Crippen MR) is 64.8 cm³/mol. The lowest BCUT2D eigenvalue weighted by atomic mass is 10.2. The fourth-order valence-electron chi connectivity index (χ4n) is 1.54. The van der Waals surface area contributed by atoms with Gasteiger partial charge in [-0.25, -0.2) is 0 Å². The summed E-state index contributed by atoms with van der Waals surface area (Å²) in [5, 5.41) is 16.3. The third-order valence-corrected chi connectivity index (χ3v) is 2.81. The largest absolute Gasteiger partial charge is 0.355 e. The van der Waals surface area contributed by atoms with Crippen LogP contribution in [-0.4, -0.2) is 33.3 Å². The van der Waals surface area contributed by atoms with Crippen LogP contribution in [0, 0.1) is 11.3 Å². The van der Waals surface area contributed by atoms with Gasteiger partial charge in [-0.1, -0.05) is 0 Å². The number of nitrogens with one attached hydrogen (secondary N) is 1. The van der Waals surface area contributed by atoms with Crippen LogP contribution < -0.4 is 4.90 Å². The van der Waals surface area contributed by atoms with Gasteiger partial charge in [0.15, 0.2) is 5.65 Å². The zero-order valence-corrected chi connectivity index (χ0v) is 10.2. The summed E-state index contributed by atoms with van der Waals surface area (Å²) in [7, 11) is 1.87. The van der Waals surface area contributed by atoms with Crippen LogP contribution in [0.2, 0.25) is 5.28 Å². The second-order valence-corrected chi connectivity index (χ2v) is 4.11. The second kappa shape index (κ2) is 4.55. The van der Waals surface area contributed by atoms with Crippen molar-refractivity contribution in [2.24, 2.45) is 0 Å². The number of halogens is 1. The maximum absolute atomic E-state index is 8.71. The molecule has 0 aliphatic heterocycles. The standard InChI is InChI=1S/C10H11ClN6/c1-6(3-4-12)17(2)9-7-5-13-16-8(7)14-10(11)15-9/h5-6H,3H2,1-2H3,(H,13,14,15,16). The first-order valence-corrected chi connectivity index (χ1v) is 5.47. The molecule has 2 heterocycles. The summed E-state index contributed by atoms with van der Waals surface area (Å²) in [6.07, 6.45) is 2.06. The molecule has 2 aromatic rings. The Bertz CT molecular complexity index is 572. The SMILES string of the molecule is CC(CC#N)N(C)c1nc(Cl)nc2[nH]ncc12. The quantitative estimate of drug-likeness (QED) is 0.840. The summed E-state index contributed by atoms with van der Waals surface area (Å²) in [6.45, 7) is 1.95. The van der Waals surface area contributed by atoms with Gasteiger partial charge in [0, 0.05) is 13.1 Å². The van der Waals surface area contributed by atoms with Crippen molar-refractivity contribution in [2.45, 2.75) is 19.4 Å². The van der Waals surface area contributed by atoms with Gasteiger partial charge in [-0.3, -0.25) is 5.10 Å². The average Bonchev–Trinajstić information content (AvgIpc) is 2.75. The fraction of sp³-hybridized carbons (Fsp3) is 0.400. The van der Waals surface area contributed by atoms with E-state index in [1.165, 1.54) is 0 Å². The first-order chi connectivity index (χ1) is 8.13. The Morgan fingerprint density at radius 2 is 2.35 bits per heavy atom. The highest BCUT2D eigenvalue weighted by Crippen LogP contribution is 2.24. The minimum absolute atomic E-state index is 0.0454. The van der Waals surface area contributed by atoms with Crippen molar-refractivity contribution in [2.75, 3.05) is 11.9 Å². The van der Waals surface area contributed by atoms with Gasteiger partial charge in [0.05, 0.1) is 24.1 Å². The first kappa shape index (κ1) is 11.6. The Balaban J connectivity index is 2.47. The third kappa shape index (κ3) is 2.15. The van der Waals surface area contributed by atoms with E-state index in [0.29, 0.717) is 17.9 Å². The van der Waals surface area contributed by atoms with Crippen molar-refractivity contribution in [3.8, 4) is 6.07 Å². The van der Waals surface area contributed by atoms with E-state index in [-0.39, 0.29) is 11.3 Å². The molecule has 0 bridgehead atoms. The zero-order valence-electron chi connectivity index (χ0n) is 9.48. The number of fused-ring (bicyclic) bond motifs is 1. The van der Waals surface area contributed by atoms with Gasteiger partial charge in [0.25, 0.3) is 0 Å². The molecule has 0 saturated carbocycles. The summed E-state index contributed by atoms with van der Waals surface area (Å²) in [4.78, 5) is 10.1. The number of anilines is 1. The van der Waals surface area contributed by atoms with Gasteiger partial charge in [0.1, 0.15) is 5.82 Å². The number of aromatic amines is 1. The molecule has 1 unspecified atom stereocenters. The summed E-state index contributed by atoms with van der Waals surface area (Å²) in [5.74, 6) is 0.677. The van der Waals surface area contributed by atoms with Gasteiger partial charge < -0.3 is 4.90 Å². The van der Waals surface area contributed by atoms with E-state index >= 15 is 0 Å². The topological polar surface area (TPSA) is 81.5 Å². The van der Waals surface area contributed by atoms with Crippen molar-refractivity contribution < 1.29 is 0 Å². The van der Waals surface area contributed by atoms with Gasteiger partial charge in [-0.15, -0.1) is 0 Å². The predicted octanol–water partition coefficient (Wildman–Crippen LogP) is 1.74. The van der Waals surface area contributed by atoms with Crippen molar-refractivity contribution in [1.82, 2.24) is 20.2 Å². The molecule has 2 aromatic heterocycles. The lowest BCUT2D eigenvalue weighted by Crippen LogP contribution is -2.29. The summed E-state index contributed by atoms with van der Waals surface area (Å²) < 4.78 is 0. The number of nitriles is 1. The maximum Gasteiger partial charge on any atom is 0.226 e. The smallest absolute Gasteiger partial charge is 0.226 e. The number of nitrogens with zero attached hydrogens (tertiary/aromatic N) is 5. The van der Waals surface area contributed by atoms with E-state index < -0.39 is 0 Å². The molecule has 17 heavy (non-hydrogen) atoms. The van der Waals surface area contributed by atoms with Crippen LogP contribution in [0.5, 0.6) is 0 Å². The molecular formula is C10H11ClN6. The Labute approximate surface area is 103 Å². The van der Waals surface area contributed by atoms with Gasteiger partial charge in [-0.05, 0) is 18.5 Å². The minimum atomic E-state index is 0.0454. The molecule has 0 fully saturated rings. The molecular weight excluding hydrogens is 240 g/mol. The summed E-state index contributed by atoms with van der Waals surface area (Å²) >= 11 is 5.84. The van der Waals surface area contributed by atoms with Gasteiger partial charge >= 0.3 is 0 Å². The lowest BCUT2D eigenvalue weighted by Gasteiger charge is -2.24. The second-order valence-electron chi connectivity index (χ2n) is 3.77. The molecule has 0 amide bonds. The Morgan fingerprint density at radius 3 is 3.06 bits per heavy atom. The monoisotopic (exact) mass is 250 g/mol. The van der Waals surface area contributed by atoms with Gasteiger partial charge in [0.2, 0.25) is 5.28 Å². The Hall–Kier alpha value is -1.87. The first-order valence-electron chi connectivity index (χ1n) is 5.10.